The van der Waals surface area contributed by atoms with Gasteiger partial charge in [0.1, 0.15) is 7.85 Å². The van der Waals surface area contributed by atoms with Gasteiger partial charge in [0.05, 0.1) is 5.76 Å². The number of unbranched alkanes of at least 4 members (excludes halogenated alkanes) is 3. The van der Waals surface area contributed by atoms with E-state index in [1.807, 2.05) is 0 Å². The minimum Gasteiger partial charge on any atom is -0.512 e. The summed E-state index contributed by atoms with van der Waals surface area (Å²) in [6.45, 7) is 12.0. The molecule has 3 aliphatic carbocycles. The summed E-state index contributed by atoms with van der Waals surface area (Å²) in [5.41, 5.74) is 3.51. The van der Waals surface area contributed by atoms with Crippen molar-refractivity contribution in [2.45, 2.75) is 92.3 Å². The van der Waals surface area contributed by atoms with Gasteiger partial charge in [-0.25, -0.2) is 0 Å². The van der Waals surface area contributed by atoms with Crippen molar-refractivity contribution in [3.8, 4) is 0 Å². The van der Waals surface area contributed by atoms with Gasteiger partial charge in [0.15, 0.2) is 0 Å². The average molecular weight is 382 g/mol. The molecule has 0 radical (unpaired) electrons. The third-order valence-electron chi connectivity index (χ3n) is 8.29. The molecule has 0 heterocycles. The zero-order valence-electron chi connectivity index (χ0n) is 19.4. The van der Waals surface area contributed by atoms with Crippen LogP contribution in [-0.4, -0.2) is 13.0 Å². The highest BCUT2D eigenvalue weighted by Crippen LogP contribution is 2.58. The maximum atomic E-state index is 11.2. The minimum atomic E-state index is 0.161. The molecular weight excluding hydrogens is 339 g/mol. The van der Waals surface area contributed by atoms with Crippen molar-refractivity contribution in [2.24, 2.45) is 34.5 Å². The van der Waals surface area contributed by atoms with Crippen LogP contribution in [0.5, 0.6) is 0 Å². The Morgan fingerprint density at radius 3 is 2.64 bits per heavy atom. The Morgan fingerprint density at radius 2 is 1.96 bits per heavy atom. The van der Waals surface area contributed by atoms with E-state index in [-0.39, 0.29) is 5.41 Å². The summed E-state index contributed by atoms with van der Waals surface area (Å²) in [5, 5.41) is 11.2. The fourth-order valence-electron chi connectivity index (χ4n) is 6.46. The fraction of sp³-hybridized carbons (Fsp3) is 0.769. The molecule has 1 saturated carbocycles. The molecule has 1 N–H and O–H groups in total. The van der Waals surface area contributed by atoms with Gasteiger partial charge >= 0.3 is 0 Å². The molecule has 156 valence electrons. The quantitative estimate of drug-likeness (QED) is 0.285. The Morgan fingerprint density at radius 1 is 1.21 bits per heavy atom. The van der Waals surface area contributed by atoms with Gasteiger partial charge in [-0.05, 0) is 65.9 Å². The first-order chi connectivity index (χ1) is 13.2. The Kier molecular flexibility index (Phi) is 6.57. The van der Waals surface area contributed by atoms with E-state index in [2.05, 4.69) is 60.7 Å². The van der Waals surface area contributed by atoms with E-state index < -0.39 is 0 Å². The van der Waals surface area contributed by atoms with Crippen molar-refractivity contribution in [1.29, 1.82) is 0 Å². The van der Waals surface area contributed by atoms with E-state index in [4.69, 9.17) is 0 Å². The van der Waals surface area contributed by atoms with E-state index in [0.717, 1.165) is 6.32 Å². The molecule has 3 unspecified atom stereocenters. The lowest BCUT2D eigenvalue weighted by Gasteiger charge is -2.54. The molecule has 0 spiro atoms. The second-order valence-electron chi connectivity index (χ2n) is 11.2. The molecule has 28 heavy (non-hydrogen) atoms. The minimum absolute atomic E-state index is 0.161. The van der Waals surface area contributed by atoms with Crippen LogP contribution in [0.3, 0.4) is 0 Å². The van der Waals surface area contributed by atoms with Crippen LogP contribution in [0.4, 0.5) is 0 Å². The molecule has 0 bridgehead atoms. The van der Waals surface area contributed by atoms with E-state index in [0.29, 0.717) is 34.8 Å². The predicted octanol–water partition coefficient (Wildman–Crippen LogP) is 7.03. The molecule has 0 aliphatic heterocycles. The van der Waals surface area contributed by atoms with Crippen LogP contribution in [0.25, 0.3) is 0 Å². The maximum absolute atomic E-state index is 11.2. The average Bonchev–Trinajstić information content (AvgIpc) is 2.63. The van der Waals surface area contributed by atoms with E-state index in [1.165, 1.54) is 56.9 Å². The van der Waals surface area contributed by atoms with Gasteiger partial charge in [0.2, 0.25) is 0 Å². The number of hydrogen-bond donors (Lipinski definition) is 1. The van der Waals surface area contributed by atoms with Gasteiger partial charge < -0.3 is 5.11 Å². The molecule has 3 rings (SSSR count). The van der Waals surface area contributed by atoms with Gasteiger partial charge in [0, 0.05) is 5.92 Å². The molecule has 3 aliphatic rings. The molecule has 0 saturated heterocycles. The summed E-state index contributed by atoms with van der Waals surface area (Å²) >= 11 is 0. The van der Waals surface area contributed by atoms with Crippen molar-refractivity contribution < 1.29 is 5.11 Å². The van der Waals surface area contributed by atoms with Gasteiger partial charge in [-0.15, -0.1) is 0 Å². The second-order valence-corrected chi connectivity index (χ2v) is 11.2. The number of aliphatic hydroxyl groups excluding tert-OH is 1. The Balaban J connectivity index is 1.83. The molecule has 2 heteroatoms. The molecule has 0 amide bonds. The highest BCUT2D eigenvalue weighted by molar-refractivity contribution is 6.10. The number of fused-ring (bicyclic) bond motifs is 3. The summed E-state index contributed by atoms with van der Waals surface area (Å²) in [6, 6.07) is 0. The van der Waals surface area contributed by atoms with Gasteiger partial charge in [0.25, 0.3) is 0 Å². The largest absolute Gasteiger partial charge is 0.512 e. The van der Waals surface area contributed by atoms with Crippen molar-refractivity contribution >= 4 is 7.85 Å². The highest BCUT2D eigenvalue weighted by Gasteiger charge is 2.51. The number of hydrogen-bond acceptors (Lipinski definition) is 1. The van der Waals surface area contributed by atoms with Gasteiger partial charge in [-0.2, -0.15) is 0 Å². The van der Waals surface area contributed by atoms with Crippen molar-refractivity contribution in [3.63, 3.8) is 0 Å². The van der Waals surface area contributed by atoms with Crippen LogP contribution in [0.1, 0.15) is 86.0 Å². The Hall–Kier alpha value is -0.915. The molecule has 0 aromatic heterocycles. The summed E-state index contributed by atoms with van der Waals surface area (Å²) in [5.74, 6) is 2.84. The lowest BCUT2D eigenvalue weighted by molar-refractivity contribution is -0.00587. The third-order valence-corrected chi connectivity index (χ3v) is 8.29. The number of rotatable bonds is 7. The SMILES string of the molecule is BCC1=CC[C@H]2C(C1)C1C(O)=CC(C(C)(C)CCCCCC)=CC1CC2(C)C. The van der Waals surface area contributed by atoms with Gasteiger partial charge in [-0.1, -0.05) is 84.3 Å². The number of allylic oxidation sites excluding steroid dienone is 6. The molecular formula is C26H43BO. The third kappa shape index (κ3) is 4.31. The first kappa shape index (κ1) is 21.8. The molecule has 0 aromatic carbocycles. The second kappa shape index (κ2) is 8.45. The summed E-state index contributed by atoms with van der Waals surface area (Å²) in [7, 11) is 2.28. The Labute approximate surface area is 175 Å². The lowest BCUT2D eigenvalue weighted by Crippen LogP contribution is -2.47. The first-order valence-electron chi connectivity index (χ1n) is 12.0. The summed E-state index contributed by atoms with van der Waals surface area (Å²) in [6.07, 6.45) is 18.5. The van der Waals surface area contributed by atoms with E-state index >= 15 is 0 Å². The van der Waals surface area contributed by atoms with Crippen molar-refractivity contribution in [1.82, 2.24) is 0 Å². The van der Waals surface area contributed by atoms with Gasteiger partial charge in [-0.3, -0.25) is 0 Å². The Bertz CT molecular complexity index is 651. The van der Waals surface area contributed by atoms with E-state index in [9.17, 15) is 5.11 Å². The molecule has 4 atom stereocenters. The first-order valence-corrected chi connectivity index (χ1v) is 12.0. The van der Waals surface area contributed by atoms with Crippen LogP contribution in [0.15, 0.2) is 35.1 Å². The van der Waals surface area contributed by atoms with Crippen LogP contribution < -0.4 is 0 Å². The predicted molar refractivity (Wildman–Crippen MR) is 124 cm³/mol. The normalized spacial score (nSPS) is 32.0. The zero-order chi connectivity index (χ0) is 20.5. The summed E-state index contributed by atoms with van der Waals surface area (Å²) < 4.78 is 0. The fourth-order valence-corrected chi connectivity index (χ4v) is 6.46. The van der Waals surface area contributed by atoms with Crippen LogP contribution >= 0.6 is 0 Å². The maximum Gasteiger partial charge on any atom is 0.106 e. The standard InChI is InChI=1S/C26H43BO/c1-6-7-8-9-12-25(2,3)20-14-19-16-26(4,5)22-11-10-18(17-27)13-21(22)24(19)23(28)15-20/h10,14-15,19,21-22,24,28H,6-9,11-13,16-17,27H2,1-5H3/t19?,21?,22-,24?/m0/s1. The lowest BCUT2D eigenvalue weighted by atomic mass is 9.50. The van der Waals surface area contributed by atoms with Crippen LogP contribution in [0, 0.1) is 34.5 Å². The highest BCUT2D eigenvalue weighted by atomic mass is 16.3. The van der Waals surface area contributed by atoms with Crippen molar-refractivity contribution in [2.75, 3.05) is 0 Å². The number of aliphatic hydroxyl groups is 1. The molecule has 0 aromatic rings. The molecule has 1 nitrogen and oxygen atoms in total. The van der Waals surface area contributed by atoms with Crippen LogP contribution in [0.2, 0.25) is 6.32 Å². The molecule has 1 fully saturated rings. The topological polar surface area (TPSA) is 20.2 Å². The van der Waals surface area contributed by atoms with Crippen LogP contribution in [-0.2, 0) is 0 Å². The smallest absolute Gasteiger partial charge is 0.106 e. The summed E-state index contributed by atoms with van der Waals surface area (Å²) in [4.78, 5) is 0. The van der Waals surface area contributed by atoms with E-state index in [1.54, 1.807) is 5.57 Å². The zero-order valence-corrected chi connectivity index (χ0v) is 19.4. The monoisotopic (exact) mass is 382 g/mol. The van der Waals surface area contributed by atoms with Crippen molar-refractivity contribution in [3.05, 3.63) is 35.1 Å².